The van der Waals surface area contributed by atoms with Crippen LogP contribution in [0.15, 0.2) is 18.2 Å². The van der Waals surface area contributed by atoms with Crippen molar-refractivity contribution in [1.29, 1.82) is 0 Å². The summed E-state index contributed by atoms with van der Waals surface area (Å²) in [6, 6.07) is 3.37. The second-order valence-corrected chi connectivity index (χ2v) is 4.03. The van der Waals surface area contributed by atoms with Gasteiger partial charge in [-0.1, -0.05) is 24.9 Å². The van der Waals surface area contributed by atoms with E-state index in [0.717, 1.165) is 12.5 Å². The Labute approximate surface area is 103 Å². The summed E-state index contributed by atoms with van der Waals surface area (Å²) in [4.78, 5) is 0. The van der Waals surface area contributed by atoms with Crippen molar-refractivity contribution in [2.45, 2.75) is 32.2 Å². The standard InChI is InChI=1S/C11H13ClF3NO/c1-2-3-10(16)8-6-7(4-5-9(8)12)17-11(13,14)15/h4-6,10H,2-3,16H2,1H3. The van der Waals surface area contributed by atoms with Gasteiger partial charge in [0.2, 0.25) is 0 Å². The van der Waals surface area contributed by atoms with Crippen LogP contribution in [0.5, 0.6) is 5.75 Å². The highest BCUT2D eigenvalue weighted by Gasteiger charge is 2.31. The predicted molar refractivity (Wildman–Crippen MR) is 60.0 cm³/mol. The monoisotopic (exact) mass is 267 g/mol. The Hall–Kier alpha value is -0.940. The molecule has 17 heavy (non-hydrogen) atoms. The summed E-state index contributed by atoms with van der Waals surface area (Å²) in [7, 11) is 0. The first-order valence-electron chi connectivity index (χ1n) is 5.14. The van der Waals surface area contributed by atoms with E-state index in [4.69, 9.17) is 17.3 Å². The maximum atomic E-state index is 12.0. The maximum Gasteiger partial charge on any atom is 0.573 e. The lowest BCUT2D eigenvalue weighted by molar-refractivity contribution is -0.274. The Balaban J connectivity index is 2.94. The zero-order valence-corrected chi connectivity index (χ0v) is 9.98. The summed E-state index contributed by atoms with van der Waals surface area (Å²) in [6.07, 6.45) is -3.24. The minimum Gasteiger partial charge on any atom is -0.406 e. The van der Waals surface area contributed by atoms with E-state index in [1.165, 1.54) is 12.1 Å². The summed E-state index contributed by atoms with van der Waals surface area (Å²) in [5.74, 6) is -0.302. The first kappa shape index (κ1) is 14.1. The topological polar surface area (TPSA) is 35.2 Å². The average Bonchev–Trinajstić information content (AvgIpc) is 2.19. The lowest BCUT2D eigenvalue weighted by Crippen LogP contribution is -2.18. The number of halogens is 4. The highest BCUT2D eigenvalue weighted by molar-refractivity contribution is 6.31. The number of rotatable bonds is 4. The van der Waals surface area contributed by atoms with Crippen LogP contribution in [0.4, 0.5) is 13.2 Å². The quantitative estimate of drug-likeness (QED) is 0.894. The molecule has 2 N–H and O–H groups in total. The van der Waals surface area contributed by atoms with Crippen LogP contribution in [0.1, 0.15) is 31.4 Å². The van der Waals surface area contributed by atoms with Gasteiger partial charge in [-0.15, -0.1) is 13.2 Å². The van der Waals surface area contributed by atoms with Crippen molar-refractivity contribution in [3.8, 4) is 5.75 Å². The van der Waals surface area contributed by atoms with Crippen LogP contribution in [0.3, 0.4) is 0 Å². The molecule has 96 valence electrons. The molecule has 1 aromatic carbocycles. The molecule has 0 fully saturated rings. The molecule has 1 atom stereocenters. The molecule has 1 rings (SSSR count). The number of benzene rings is 1. The third-order valence-corrected chi connectivity index (χ3v) is 2.54. The Kier molecular flexibility index (Phi) is 4.65. The van der Waals surface area contributed by atoms with Gasteiger partial charge in [-0.05, 0) is 30.2 Å². The molecule has 0 bridgehead atoms. The highest BCUT2D eigenvalue weighted by atomic mass is 35.5. The predicted octanol–water partition coefficient (Wildman–Crippen LogP) is 4.04. The van der Waals surface area contributed by atoms with Crippen molar-refractivity contribution in [1.82, 2.24) is 0 Å². The van der Waals surface area contributed by atoms with E-state index < -0.39 is 6.36 Å². The van der Waals surface area contributed by atoms with Crippen LogP contribution < -0.4 is 10.5 Å². The molecule has 1 unspecified atom stereocenters. The van der Waals surface area contributed by atoms with Crippen molar-refractivity contribution in [3.05, 3.63) is 28.8 Å². The fourth-order valence-corrected chi connectivity index (χ4v) is 1.73. The molecule has 0 spiro atoms. The highest BCUT2D eigenvalue weighted by Crippen LogP contribution is 2.31. The number of ether oxygens (including phenoxy) is 1. The smallest absolute Gasteiger partial charge is 0.406 e. The van der Waals surface area contributed by atoms with E-state index in [0.29, 0.717) is 17.0 Å². The van der Waals surface area contributed by atoms with E-state index in [-0.39, 0.29) is 11.8 Å². The zero-order chi connectivity index (χ0) is 13.1. The van der Waals surface area contributed by atoms with Crippen molar-refractivity contribution in [2.75, 3.05) is 0 Å². The second-order valence-electron chi connectivity index (χ2n) is 3.63. The van der Waals surface area contributed by atoms with Crippen LogP contribution in [-0.4, -0.2) is 6.36 Å². The van der Waals surface area contributed by atoms with Crippen molar-refractivity contribution >= 4 is 11.6 Å². The van der Waals surface area contributed by atoms with E-state index in [2.05, 4.69) is 4.74 Å². The van der Waals surface area contributed by atoms with Gasteiger partial charge in [0.1, 0.15) is 5.75 Å². The number of hydrogen-bond acceptors (Lipinski definition) is 2. The lowest BCUT2D eigenvalue weighted by Gasteiger charge is -2.15. The maximum absolute atomic E-state index is 12.0. The Bertz CT molecular complexity index is 381. The third kappa shape index (κ3) is 4.44. The van der Waals surface area contributed by atoms with Gasteiger partial charge in [-0.3, -0.25) is 0 Å². The normalized spacial score (nSPS) is 13.5. The molecule has 0 amide bonds. The molecule has 6 heteroatoms. The summed E-state index contributed by atoms with van der Waals surface area (Å²) in [5.41, 5.74) is 6.29. The lowest BCUT2D eigenvalue weighted by atomic mass is 10.0. The Morgan fingerprint density at radius 3 is 2.59 bits per heavy atom. The molecule has 2 nitrogen and oxygen atoms in total. The van der Waals surface area contributed by atoms with Crippen LogP contribution in [0, 0.1) is 0 Å². The van der Waals surface area contributed by atoms with E-state index >= 15 is 0 Å². The molecule has 0 aliphatic rings. The minimum atomic E-state index is -4.71. The molecular formula is C11H13ClF3NO. The van der Waals surface area contributed by atoms with Gasteiger partial charge in [-0.2, -0.15) is 0 Å². The van der Waals surface area contributed by atoms with Crippen LogP contribution in [0.25, 0.3) is 0 Å². The fourth-order valence-electron chi connectivity index (χ4n) is 1.47. The first-order chi connectivity index (χ1) is 7.83. The molecule has 0 saturated heterocycles. The van der Waals surface area contributed by atoms with Crippen LogP contribution >= 0.6 is 11.6 Å². The van der Waals surface area contributed by atoms with Crippen LogP contribution in [0.2, 0.25) is 5.02 Å². The summed E-state index contributed by atoms with van der Waals surface area (Å²) >= 11 is 5.88. The Morgan fingerprint density at radius 1 is 1.41 bits per heavy atom. The number of hydrogen-bond donors (Lipinski definition) is 1. The molecule has 0 aliphatic heterocycles. The summed E-state index contributed by atoms with van der Waals surface area (Å²) in [6.45, 7) is 1.93. The molecule has 0 saturated carbocycles. The van der Waals surface area contributed by atoms with Gasteiger partial charge in [0, 0.05) is 11.1 Å². The van der Waals surface area contributed by atoms with Crippen LogP contribution in [-0.2, 0) is 0 Å². The Morgan fingerprint density at radius 2 is 2.06 bits per heavy atom. The van der Waals surface area contributed by atoms with Gasteiger partial charge in [0.05, 0.1) is 0 Å². The van der Waals surface area contributed by atoms with Gasteiger partial charge >= 0.3 is 6.36 Å². The molecular weight excluding hydrogens is 255 g/mol. The second kappa shape index (κ2) is 5.60. The number of alkyl halides is 3. The molecule has 0 aromatic heterocycles. The van der Waals surface area contributed by atoms with E-state index in [1.807, 2.05) is 6.92 Å². The van der Waals surface area contributed by atoms with E-state index in [1.54, 1.807) is 0 Å². The average molecular weight is 268 g/mol. The zero-order valence-electron chi connectivity index (χ0n) is 9.22. The minimum absolute atomic E-state index is 0.302. The summed E-state index contributed by atoms with van der Waals surface area (Å²) in [5, 5.41) is 0.348. The molecule has 1 aromatic rings. The van der Waals surface area contributed by atoms with Gasteiger partial charge in [-0.25, -0.2) is 0 Å². The largest absolute Gasteiger partial charge is 0.573 e. The molecule has 0 radical (unpaired) electrons. The van der Waals surface area contributed by atoms with Gasteiger partial charge in [0.15, 0.2) is 0 Å². The summed E-state index contributed by atoms with van der Waals surface area (Å²) < 4.78 is 39.9. The fraction of sp³-hybridized carbons (Fsp3) is 0.455. The van der Waals surface area contributed by atoms with Gasteiger partial charge in [0.25, 0.3) is 0 Å². The van der Waals surface area contributed by atoms with Crippen molar-refractivity contribution < 1.29 is 17.9 Å². The number of nitrogens with two attached hydrogens (primary N) is 1. The third-order valence-electron chi connectivity index (χ3n) is 2.20. The van der Waals surface area contributed by atoms with Gasteiger partial charge < -0.3 is 10.5 Å². The molecule has 0 heterocycles. The van der Waals surface area contributed by atoms with Crippen molar-refractivity contribution in [3.63, 3.8) is 0 Å². The molecule has 0 aliphatic carbocycles. The van der Waals surface area contributed by atoms with Crippen molar-refractivity contribution in [2.24, 2.45) is 5.73 Å². The first-order valence-corrected chi connectivity index (χ1v) is 5.52. The van der Waals surface area contributed by atoms with E-state index in [9.17, 15) is 13.2 Å². The SMILES string of the molecule is CCCC(N)c1cc(OC(F)(F)F)ccc1Cl.